The third-order valence-electron chi connectivity index (χ3n) is 3.34. The zero-order valence-electron chi connectivity index (χ0n) is 9.63. The van der Waals surface area contributed by atoms with Crippen LogP contribution in [0.3, 0.4) is 0 Å². The maximum atomic E-state index is 5.77. The lowest BCUT2D eigenvalue weighted by Crippen LogP contribution is -2.29. The van der Waals surface area contributed by atoms with Gasteiger partial charge in [-0.2, -0.15) is 0 Å². The van der Waals surface area contributed by atoms with Crippen LogP contribution in [-0.4, -0.2) is 32.6 Å². The molecule has 0 radical (unpaired) electrons. The maximum Gasteiger partial charge on any atom is 0.165 e. The molecule has 0 atom stereocenters. The molecule has 1 aliphatic heterocycles. The van der Waals surface area contributed by atoms with Crippen molar-refractivity contribution in [1.29, 1.82) is 0 Å². The van der Waals surface area contributed by atoms with E-state index in [1.54, 1.807) is 0 Å². The Balaban J connectivity index is 1.87. The van der Waals surface area contributed by atoms with Crippen molar-refractivity contribution in [3.05, 3.63) is 12.7 Å². The number of nitrogens with two attached hydrogens (primary N) is 1. The lowest BCUT2D eigenvalue weighted by atomic mass is 9.98. The summed E-state index contributed by atoms with van der Waals surface area (Å²) in [4.78, 5) is 12.5. The molecule has 1 saturated heterocycles. The van der Waals surface area contributed by atoms with Crippen LogP contribution in [0, 0.1) is 5.92 Å². The van der Waals surface area contributed by atoms with Gasteiger partial charge in [0.15, 0.2) is 11.5 Å². The molecule has 2 aromatic heterocycles. The van der Waals surface area contributed by atoms with Crippen molar-refractivity contribution < 1.29 is 0 Å². The second-order valence-corrected chi connectivity index (χ2v) is 4.52. The second-order valence-electron chi connectivity index (χ2n) is 4.52. The van der Waals surface area contributed by atoms with Crippen molar-refractivity contribution in [3.63, 3.8) is 0 Å². The van der Waals surface area contributed by atoms with Crippen LogP contribution in [0.2, 0.25) is 0 Å². The van der Waals surface area contributed by atoms with Gasteiger partial charge in [0, 0.05) is 6.54 Å². The Labute approximate surface area is 99.3 Å². The molecule has 90 valence electrons. The molecule has 2 aromatic rings. The summed E-state index contributed by atoms with van der Waals surface area (Å²) in [5, 5.41) is 3.37. The van der Waals surface area contributed by atoms with Crippen LogP contribution in [0.4, 0.5) is 5.82 Å². The van der Waals surface area contributed by atoms with Gasteiger partial charge in [-0.3, -0.25) is 0 Å². The summed E-state index contributed by atoms with van der Waals surface area (Å²) in [5.41, 5.74) is 7.32. The molecule has 6 heteroatoms. The molecule has 0 amide bonds. The summed E-state index contributed by atoms with van der Waals surface area (Å²) >= 11 is 0. The summed E-state index contributed by atoms with van der Waals surface area (Å²) in [6, 6.07) is 0. The summed E-state index contributed by atoms with van der Waals surface area (Å²) < 4.78 is 2.09. The molecule has 3 heterocycles. The average molecular weight is 232 g/mol. The van der Waals surface area contributed by atoms with Crippen LogP contribution in [0.1, 0.15) is 12.8 Å². The van der Waals surface area contributed by atoms with Crippen LogP contribution in [-0.2, 0) is 6.54 Å². The number of anilines is 1. The Morgan fingerprint density at radius 3 is 2.94 bits per heavy atom. The highest BCUT2D eigenvalue weighted by atomic mass is 15.1. The Kier molecular flexibility index (Phi) is 2.64. The van der Waals surface area contributed by atoms with Gasteiger partial charge in [-0.1, -0.05) is 0 Å². The first-order valence-electron chi connectivity index (χ1n) is 5.96. The van der Waals surface area contributed by atoms with Crippen LogP contribution in [0.5, 0.6) is 0 Å². The van der Waals surface area contributed by atoms with Gasteiger partial charge in [0.25, 0.3) is 0 Å². The van der Waals surface area contributed by atoms with Crippen LogP contribution >= 0.6 is 0 Å². The van der Waals surface area contributed by atoms with Crippen molar-refractivity contribution in [1.82, 2.24) is 24.8 Å². The fraction of sp³-hybridized carbons (Fsp3) is 0.545. The Hall–Kier alpha value is -1.69. The summed E-state index contributed by atoms with van der Waals surface area (Å²) in [5.74, 6) is 1.16. The lowest BCUT2D eigenvalue weighted by Gasteiger charge is -2.22. The number of nitrogens with zero attached hydrogens (tertiary/aromatic N) is 4. The molecule has 0 unspecified atom stereocenters. The molecule has 1 fully saturated rings. The van der Waals surface area contributed by atoms with E-state index in [0.717, 1.165) is 25.3 Å². The van der Waals surface area contributed by atoms with Gasteiger partial charge in [0.1, 0.15) is 11.8 Å². The second kappa shape index (κ2) is 4.29. The Morgan fingerprint density at radius 1 is 1.29 bits per heavy atom. The van der Waals surface area contributed by atoms with Gasteiger partial charge in [-0.25, -0.2) is 15.0 Å². The topological polar surface area (TPSA) is 81.7 Å². The molecule has 0 saturated carbocycles. The maximum absolute atomic E-state index is 5.77. The molecule has 0 aromatic carbocycles. The average Bonchev–Trinajstić information content (AvgIpc) is 2.76. The number of fused-ring (bicyclic) bond motifs is 1. The Bertz CT molecular complexity index is 514. The van der Waals surface area contributed by atoms with E-state index in [1.807, 2.05) is 6.33 Å². The fourth-order valence-corrected chi connectivity index (χ4v) is 2.37. The highest BCUT2D eigenvalue weighted by Crippen LogP contribution is 2.19. The van der Waals surface area contributed by atoms with Crippen LogP contribution < -0.4 is 11.1 Å². The molecule has 0 spiro atoms. The molecule has 3 rings (SSSR count). The van der Waals surface area contributed by atoms with Crippen LogP contribution in [0.25, 0.3) is 11.2 Å². The third kappa shape index (κ3) is 1.95. The van der Waals surface area contributed by atoms with E-state index in [-0.39, 0.29) is 0 Å². The van der Waals surface area contributed by atoms with E-state index in [9.17, 15) is 0 Å². The molecule has 3 N–H and O–H groups in total. The first-order chi connectivity index (χ1) is 8.34. The van der Waals surface area contributed by atoms with E-state index >= 15 is 0 Å². The predicted octanol–water partition coefficient (Wildman–Crippen LogP) is 0.408. The first kappa shape index (κ1) is 10.5. The minimum Gasteiger partial charge on any atom is -0.382 e. The predicted molar refractivity (Wildman–Crippen MR) is 65.3 cm³/mol. The number of imidazole rings is 1. The van der Waals surface area contributed by atoms with Crippen LogP contribution in [0.15, 0.2) is 12.7 Å². The zero-order chi connectivity index (χ0) is 11.7. The minimum atomic E-state index is 0.457. The van der Waals surface area contributed by atoms with E-state index in [2.05, 4.69) is 24.8 Å². The highest BCUT2D eigenvalue weighted by Gasteiger charge is 2.15. The molecule has 0 bridgehead atoms. The largest absolute Gasteiger partial charge is 0.382 e. The molecule has 17 heavy (non-hydrogen) atoms. The van der Waals surface area contributed by atoms with Gasteiger partial charge < -0.3 is 15.6 Å². The minimum absolute atomic E-state index is 0.457. The smallest absolute Gasteiger partial charge is 0.165 e. The molecular weight excluding hydrogens is 216 g/mol. The number of hydrogen-bond acceptors (Lipinski definition) is 5. The van der Waals surface area contributed by atoms with E-state index in [0.29, 0.717) is 17.3 Å². The van der Waals surface area contributed by atoms with Gasteiger partial charge in [-0.05, 0) is 31.8 Å². The third-order valence-corrected chi connectivity index (χ3v) is 3.34. The van der Waals surface area contributed by atoms with Gasteiger partial charge in [-0.15, -0.1) is 0 Å². The monoisotopic (exact) mass is 232 g/mol. The van der Waals surface area contributed by atoms with E-state index in [1.165, 1.54) is 19.2 Å². The van der Waals surface area contributed by atoms with E-state index < -0.39 is 0 Å². The number of nitrogen functional groups attached to an aromatic ring is 1. The number of hydrogen-bond donors (Lipinski definition) is 2. The number of piperidine rings is 1. The van der Waals surface area contributed by atoms with Crippen molar-refractivity contribution >= 4 is 17.0 Å². The van der Waals surface area contributed by atoms with Gasteiger partial charge in [0.05, 0.1) is 6.33 Å². The first-order valence-corrected chi connectivity index (χ1v) is 5.96. The highest BCUT2D eigenvalue weighted by molar-refractivity contribution is 5.81. The SMILES string of the molecule is Nc1ncnc2c1ncn2CC1CCNCC1. The van der Waals surface area contributed by atoms with E-state index in [4.69, 9.17) is 5.73 Å². The summed E-state index contributed by atoms with van der Waals surface area (Å²) in [7, 11) is 0. The number of nitrogens with one attached hydrogen (secondary N) is 1. The van der Waals surface area contributed by atoms with Gasteiger partial charge in [0.2, 0.25) is 0 Å². The van der Waals surface area contributed by atoms with Crippen molar-refractivity contribution in [2.24, 2.45) is 5.92 Å². The quantitative estimate of drug-likeness (QED) is 0.783. The summed E-state index contributed by atoms with van der Waals surface area (Å²) in [6.07, 6.45) is 5.73. The molecule has 6 nitrogen and oxygen atoms in total. The molecule has 1 aliphatic rings. The van der Waals surface area contributed by atoms with Crippen molar-refractivity contribution in [2.75, 3.05) is 18.8 Å². The number of rotatable bonds is 2. The molecule has 0 aliphatic carbocycles. The fourth-order valence-electron chi connectivity index (χ4n) is 2.37. The van der Waals surface area contributed by atoms with Crippen molar-refractivity contribution in [3.8, 4) is 0 Å². The van der Waals surface area contributed by atoms with Crippen molar-refractivity contribution in [2.45, 2.75) is 19.4 Å². The lowest BCUT2D eigenvalue weighted by molar-refractivity contribution is 0.335. The summed E-state index contributed by atoms with van der Waals surface area (Å²) in [6.45, 7) is 3.18. The Morgan fingerprint density at radius 2 is 2.12 bits per heavy atom. The standard InChI is InChI=1S/C11H16N6/c12-10-9-11(15-6-14-10)17(7-16-9)5-8-1-3-13-4-2-8/h6-8,13H,1-5H2,(H2,12,14,15). The zero-order valence-corrected chi connectivity index (χ0v) is 9.63. The number of aromatic nitrogens is 4. The normalized spacial score (nSPS) is 17.6. The molecular formula is C11H16N6. The van der Waals surface area contributed by atoms with Gasteiger partial charge >= 0.3 is 0 Å².